The molecule has 1 heterocycles. The van der Waals surface area contributed by atoms with Gasteiger partial charge in [-0.15, -0.1) is 24.0 Å². The van der Waals surface area contributed by atoms with Crippen molar-refractivity contribution < 1.29 is 9.53 Å². The maximum atomic E-state index is 11.7. The van der Waals surface area contributed by atoms with Crippen LogP contribution < -0.4 is 5.32 Å². The maximum Gasteiger partial charge on any atom is 0.243 e. The SMILES string of the molecule is C=C(C)CNC(=NCC(=O)N(C)C)N(C)CC1CCOC1.I. The van der Waals surface area contributed by atoms with Crippen molar-refractivity contribution in [1.82, 2.24) is 15.1 Å². The minimum atomic E-state index is -0.0118. The zero-order valence-corrected chi connectivity index (χ0v) is 16.4. The van der Waals surface area contributed by atoms with Crippen molar-refractivity contribution >= 4 is 35.8 Å². The van der Waals surface area contributed by atoms with Crippen molar-refractivity contribution in [3.63, 3.8) is 0 Å². The van der Waals surface area contributed by atoms with Crippen LogP contribution in [0.2, 0.25) is 0 Å². The largest absolute Gasteiger partial charge is 0.381 e. The van der Waals surface area contributed by atoms with Gasteiger partial charge in [-0.05, 0) is 13.3 Å². The predicted molar refractivity (Wildman–Crippen MR) is 101 cm³/mol. The fourth-order valence-electron chi connectivity index (χ4n) is 2.03. The van der Waals surface area contributed by atoms with Crippen LogP contribution in [0, 0.1) is 5.92 Å². The van der Waals surface area contributed by atoms with Crippen LogP contribution in [0.25, 0.3) is 0 Å². The summed E-state index contributed by atoms with van der Waals surface area (Å²) in [5.41, 5.74) is 1.03. The van der Waals surface area contributed by atoms with Gasteiger partial charge in [0.2, 0.25) is 5.91 Å². The van der Waals surface area contributed by atoms with Gasteiger partial charge in [-0.3, -0.25) is 4.79 Å². The number of ether oxygens (including phenoxy) is 1. The Bertz CT molecular complexity index is 393. The first-order chi connectivity index (χ1) is 9.90. The van der Waals surface area contributed by atoms with E-state index in [4.69, 9.17) is 4.74 Å². The Labute approximate surface area is 151 Å². The summed E-state index contributed by atoms with van der Waals surface area (Å²) >= 11 is 0. The Kier molecular flexibility index (Phi) is 10.4. The lowest BCUT2D eigenvalue weighted by atomic mass is 10.1. The van der Waals surface area contributed by atoms with Gasteiger partial charge in [0.05, 0.1) is 6.61 Å². The van der Waals surface area contributed by atoms with Crippen molar-refractivity contribution in [3.05, 3.63) is 12.2 Å². The van der Waals surface area contributed by atoms with Crippen LogP contribution in [0.1, 0.15) is 13.3 Å². The molecule has 1 fully saturated rings. The second-order valence-electron chi connectivity index (χ2n) is 5.85. The van der Waals surface area contributed by atoms with E-state index in [0.29, 0.717) is 12.5 Å². The molecule has 1 atom stereocenters. The van der Waals surface area contributed by atoms with Gasteiger partial charge < -0.3 is 19.9 Å². The topological polar surface area (TPSA) is 57.2 Å². The molecule has 0 aromatic carbocycles. The number of likely N-dealkylation sites (N-methyl/N-ethyl adjacent to an activating group) is 1. The Morgan fingerprint density at radius 3 is 2.59 bits per heavy atom. The molecule has 7 heteroatoms. The van der Waals surface area contributed by atoms with E-state index in [1.165, 1.54) is 0 Å². The third kappa shape index (κ3) is 7.98. The molecule has 128 valence electrons. The highest BCUT2D eigenvalue weighted by Gasteiger charge is 2.19. The Morgan fingerprint density at radius 2 is 2.09 bits per heavy atom. The molecule has 0 saturated carbocycles. The zero-order valence-electron chi connectivity index (χ0n) is 14.1. The average molecular weight is 424 g/mol. The summed E-state index contributed by atoms with van der Waals surface area (Å²) in [6.07, 6.45) is 1.08. The predicted octanol–water partition coefficient (Wildman–Crippen LogP) is 1.18. The van der Waals surface area contributed by atoms with Crippen LogP contribution in [0.15, 0.2) is 17.1 Å². The first-order valence-corrected chi connectivity index (χ1v) is 7.32. The highest BCUT2D eigenvalue weighted by molar-refractivity contribution is 14.0. The Balaban J connectivity index is 0.00000441. The van der Waals surface area contributed by atoms with E-state index in [1.807, 2.05) is 14.0 Å². The first-order valence-electron chi connectivity index (χ1n) is 7.32. The van der Waals surface area contributed by atoms with Crippen LogP contribution in [0.3, 0.4) is 0 Å². The number of hydrogen-bond donors (Lipinski definition) is 1. The van der Waals surface area contributed by atoms with E-state index in [9.17, 15) is 4.79 Å². The summed E-state index contributed by atoms with van der Waals surface area (Å²) < 4.78 is 5.40. The fourth-order valence-corrected chi connectivity index (χ4v) is 2.03. The van der Waals surface area contributed by atoms with Gasteiger partial charge in [0.15, 0.2) is 5.96 Å². The van der Waals surface area contributed by atoms with Gasteiger partial charge in [0.1, 0.15) is 6.54 Å². The van der Waals surface area contributed by atoms with Crippen molar-refractivity contribution in [3.8, 4) is 0 Å². The second kappa shape index (κ2) is 10.8. The maximum absolute atomic E-state index is 11.7. The standard InChI is InChI=1S/C15H28N4O2.HI/c1-12(2)8-16-15(17-9-14(20)18(3)4)19(5)10-13-6-7-21-11-13;/h13H,1,6-11H2,2-5H3,(H,16,17);1H. The van der Waals surface area contributed by atoms with Crippen LogP contribution in [-0.2, 0) is 9.53 Å². The Hall–Kier alpha value is -0.830. The number of rotatable bonds is 6. The molecule has 0 bridgehead atoms. The molecule has 0 radical (unpaired) electrons. The van der Waals surface area contributed by atoms with Gasteiger partial charge in [0.25, 0.3) is 0 Å². The Morgan fingerprint density at radius 1 is 1.41 bits per heavy atom. The first kappa shape index (κ1) is 21.2. The summed E-state index contributed by atoms with van der Waals surface area (Å²) in [7, 11) is 5.46. The summed E-state index contributed by atoms with van der Waals surface area (Å²) in [4.78, 5) is 19.7. The summed E-state index contributed by atoms with van der Waals surface area (Å²) in [6, 6.07) is 0. The number of nitrogens with one attached hydrogen (secondary N) is 1. The van der Waals surface area contributed by atoms with Gasteiger partial charge in [0, 0.05) is 46.8 Å². The number of hydrogen-bond acceptors (Lipinski definition) is 3. The zero-order chi connectivity index (χ0) is 15.8. The third-order valence-corrected chi connectivity index (χ3v) is 3.33. The van der Waals surface area contributed by atoms with E-state index in [2.05, 4.69) is 21.8 Å². The molecule has 1 unspecified atom stereocenters. The number of carbonyl (C=O) groups is 1. The molecule has 0 aromatic rings. The molecule has 1 aliphatic rings. The smallest absolute Gasteiger partial charge is 0.243 e. The number of amides is 1. The molecule has 0 aliphatic carbocycles. The van der Waals surface area contributed by atoms with E-state index in [-0.39, 0.29) is 36.4 Å². The highest BCUT2D eigenvalue weighted by atomic mass is 127. The minimum Gasteiger partial charge on any atom is -0.381 e. The number of guanidine groups is 1. The molecular weight excluding hydrogens is 395 g/mol. The fraction of sp³-hybridized carbons (Fsp3) is 0.733. The van der Waals surface area contributed by atoms with Crippen LogP contribution >= 0.6 is 24.0 Å². The third-order valence-electron chi connectivity index (χ3n) is 3.33. The van der Waals surface area contributed by atoms with Crippen molar-refractivity contribution in [2.24, 2.45) is 10.9 Å². The monoisotopic (exact) mass is 424 g/mol. The summed E-state index contributed by atoms with van der Waals surface area (Å²) in [6.45, 7) is 9.15. The van der Waals surface area contributed by atoms with E-state index < -0.39 is 0 Å². The molecule has 0 aromatic heterocycles. The molecular formula is C15H29IN4O2. The summed E-state index contributed by atoms with van der Waals surface area (Å²) in [5.74, 6) is 1.25. The molecule has 1 amide bonds. The van der Waals surface area contributed by atoms with Crippen molar-refractivity contribution in [2.45, 2.75) is 13.3 Å². The van der Waals surface area contributed by atoms with E-state index in [1.54, 1.807) is 19.0 Å². The molecule has 1 rings (SSSR count). The van der Waals surface area contributed by atoms with Gasteiger partial charge in [-0.2, -0.15) is 0 Å². The van der Waals surface area contributed by atoms with Gasteiger partial charge in [-0.1, -0.05) is 12.2 Å². The molecule has 1 N–H and O–H groups in total. The lowest BCUT2D eigenvalue weighted by molar-refractivity contribution is -0.127. The van der Waals surface area contributed by atoms with E-state index in [0.717, 1.165) is 37.7 Å². The summed E-state index contributed by atoms with van der Waals surface area (Å²) in [5, 5.41) is 3.25. The second-order valence-corrected chi connectivity index (χ2v) is 5.85. The number of nitrogens with zero attached hydrogens (tertiary/aromatic N) is 3. The van der Waals surface area contributed by atoms with Crippen LogP contribution in [-0.4, -0.2) is 75.7 Å². The van der Waals surface area contributed by atoms with Crippen LogP contribution in [0.5, 0.6) is 0 Å². The number of aliphatic imine (C=N–C) groups is 1. The number of carbonyl (C=O) groups excluding carboxylic acids is 1. The normalized spacial score (nSPS) is 17.6. The molecule has 22 heavy (non-hydrogen) atoms. The van der Waals surface area contributed by atoms with Gasteiger partial charge in [-0.25, -0.2) is 4.99 Å². The van der Waals surface area contributed by atoms with Crippen LogP contribution in [0.4, 0.5) is 0 Å². The molecule has 1 aliphatic heterocycles. The van der Waals surface area contributed by atoms with Crippen molar-refractivity contribution in [2.75, 3.05) is 54.0 Å². The van der Waals surface area contributed by atoms with E-state index >= 15 is 0 Å². The molecule has 1 saturated heterocycles. The minimum absolute atomic E-state index is 0. The highest BCUT2D eigenvalue weighted by Crippen LogP contribution is 2.13. The lowest BCUT2D eigenvalue weighted by Gasteiger charge is -2.25. The molecule has 6 nitrogen and oxygen atoms in total. The average Bonchev–Trinajstić information content (AvgIpc) is 2.90. The number of halogens is 1. The van der Waals surface area contributed by atoms with Crippen molar-refractivity contribution in [1.29, 1.82) is 0 Å². The molecule has 0 spiro atoms. The lowest BCUT2D eigenvalue weighted by Crippen LogP contribution is -2.42. The van der Waals surface area contributed by atoms with Gasteiger partial charge >= 0.3 is 0 Å². The quantitative estimate of drug-likeness (QED) is 0.301.